The van der Waals surface area contributed by atoms with Crippen LogP contribution >= 0.6 is 0 Å². The quantitative estimate of drug-likeness (QED) is 0.614. The summed E-state index contributed by atoms with van der Waals surface area (Å²) in [6, 6.07) is 0. The molecule has 0 aromatic heterocycles. The first-order chi connectivity index (χ1) is 6.58. The summed E-state index contributed by atoms with van der Waals surface area (Å²) < 4.78 is 0. The van der Waals surface area contributed by atoms with Gasteiger partial charge >= 0.3 is 0 Å². The second-order valence-corrected chi connectivity index (χ2v) is 4.68. The van der Waals surface area contributed by atoms with E-state index in [0.717, 1.165) is 13.3 Å². The zero-order chi connectivity index (χ0) is 10.6. The molecule has 1 aliphatic rings. The van der Waals surface area contributed by atoms with Crippen LogP contribution in [0.5, 0.6) is 0 Å². The predicted molar refractivity (Wildman–Crippen MR) is 60.3 cm³/mol. The van der Waals surface area contributed by atoms with Gasteiger partial charge in [-0.05, 0) is 28.2 Å². The van der Waals surface area contributed by atoms with Gasteiger partial charge in [0.15, 0.2) is 0 Å². The van der Waals surface area contributed by atoms with E-state index in [2.05, 4.69) is 47.8 Å². The molecule has 1 fully saturated rings. The van der Waals surface area contributed by atoms with E-state index in [-0.39, 0.29) is 0 Å². The van der Waals surface area contributed by atoms with Crippen molar-refractivity contribution >= 4 is 0 Å². The average molecular weight is 200 g/mol. The van der Waals surface area contributed by atoms with E-state index >= 15 is 0 Å². The standard InChI is InChI=1S/C10H24N4/c1-11(2)9-13-5-7-14(8-6-13)10-12(3)4/h5-10H2,1-4H3. The lowest BCUT2D eigenvalue weighted by Gasteiger charge is -2.36. The molecule has 0 spiro atoms. The lowest BCUT2D eigenvalue weighted by Crippen LogP contribution is -2.50. The third-order valence-electron chi connectivity index (χ3n) is 2.43. The summed E-state index contributed by atoms with van der Waals surface area (Å²) in [5.41, 5.74) is 0. The summed E-state index contributed by atoms with van der Waals surface area (Å²) in [4.78, 5) is 9.49. The van der Waals surface area contributed by atoms with Crippen LogP contribution in [-0.2, 0) is 0 Å². The molecule has 84 valence electrons. The van der Waals surface area contributed by atoms with Gasteiger partial charge < -0.3 is 0 Å². The highest BCUT2D eigenvalue weighted by molar-refractivity contribution is 4.70. The minimum atomic E-state index is 1.09. The highest BCUT2D eigenvalue weighted by Gasteiger charge is 2.16. The molecule has 0 aliphatic carbocycles. The van der Waals surface area contributed by atoms with Crippen LogP contribution in [0.4, 0.5) is 0 Å². The molecule has 4 nitrogen and oxygen atoms in total. The maximum atomic E-state index is 2.51. The maximum absolute atomic E-state index is 2.51. The molecule has 0 aromatic rings. The van der Waals surface area contributed by atoms with Gasteiger partial charge in [-0.25, -0.2) is 0 Å². The smallest absolute Gasteiger partial charge is 0.0501 e. The fourth-order valence-electron chi connectivity index (χ4n) is 1.87. The van der Waals surface area contributed by atoms with Gasteiger partial charge in [-0.3, -0.25) is 19.6 Å². The van der Waals surface area contributed by atoms with Crippen LogP contribution in [0.3, 0.4) is 0 Å². The molecule has 1 aliphatic heterocycles. The Kier molecular flexibility index (Phi) is 4.81. The van der Waals surface area contributed by atoms with Crippen molar-refractivity contribution < 1.29 is 0 Å². The van der Waals surface area contributed by atoms with E-state index in [1.807, 2.05) is 0 Å². The molecule has 0 saturated carbocycles. The molecule has 1 rings (SSSR count). The Bertz CT molecular complexity index is 132. The first-order valence-electron chi connectivity index (χ1n) is 5.32. The van der Waals surface area contributed by atoms with E-state index in [1.165, 1.54) is 26.2 Å². The topological polar surface area (TPSA) is 13.0 Å². The van der Waals surface area contributed by atoms with Crippen LogP contribution in [0.25, 0.3) is 0 Å². The molecule has 0 amide bonds. The molecule has 0 N–H and O–H groups in total. The summed E-state index contributed by atoms with van der Waals surface area (Å²) in [7, 11) is 8.52. The lowest BCUT2D eigenvalue weighted by atomic mass is 10.3. The summed E-state index contributed by atoms with van der Waals surface area (Å²) in [5, 5.41) is 0. The van der Waals surface area contributed by atoms with Crippen molar-refractivity contribution in [1.82, 2.24) is 19.6 Å². The molecular formula is C10H24N4. The molecule has 0 bridgehead atoms. The van der Waals surface area contributed by atoms with Crippen molar-refractivity contribution in [2.75, 3.05) is 67.7 Å². The van der Waals surface area contributed by atoms with Gasteiger partial charge in [-0.15, -0.1) is 0 Å². The Morgan fingerprint density at radius 2 is 1.00 bits per heavy atom. The SMILES string of the molecule is CN(C)CN1CCN(CN(C)C)CC1. The zero-order valence-electron chi connectivity index (χ0n) is 10.0. The van der Waals surface area contributed by atoms with Crippen LogP contribution in [0.15, 0.2) is 0 Å². The van der Waals surface area contributed by atoms with Crippen molar-refractivity contribution in [2.24, 2.45) is 0 Å². The van der Waals surface area contributed by atoms with Crippen molar-refractivity contribution in [3.8, 4) is 0 Å². The van der Waals surface area contributed by atoms with Crippen LogP contribution < -0.4 is 0 Å². The van der Waals surface area contributed by atoms with Gasteiger partial charge in [-0.2, -0.15) is 0 Å². The molecule has 0 radical (unpaired) electrons. The van der Waals surface area contributed by atoms with Crippen LogP contribution in [-0.4, -0.2) is 87.3 Å². The van der Waals surface area contributed by atoms with Crippen molar-refractivity contribution in [2.45, 2.75) is 0 Å². The van der Waals surface area contributed by atoms with Gasteiger partial charge in [0, 0.05) is 26.2 Å². The Labute approximate surface area is 88.1 Å². The van der Waals surface area contributed by atoms with Crippen molar-refractivity contribution in [3.63, 3.8) is 0 Å². The summed E-state index contributed by atoms with van der Waals surface area (Å²) >= 11 is 0. The largest absolute Gasteiger partial charge is 0.297 e. The van der Waals surface area contributed by atoms with Crippen LogP contribution in [0.2, 0.25) is 0 Å². The van der Waals surface area contributed by atoms with Gasteiger partial charge in [0.2, 0.25) is 0 Å². The Hall–Kier alpha value is -0.160. The molecule has 0 aromatic carbocycles. The van der Waals surface area contributed by atoms with Crippen molar-refractivity contribution in [1.29, 1.82) is 0 Å². The number of nitrogens with zero attached hydrogens (tertiary/aromatic N) is 4. The van der Waals surface area contributed by atoms with E-state index in [9.17, 15) is 0 Å². The third kappa shape index (κ3) is 4.37. The van der Waals surface area contributed by atoms with E-state index in [1.54, 1.807) is 0 Å². The lowest BCUT2D eigenvalue weighted by molar-refractivity contribution is 0.0690. The van der Waals surface area contributed by atoms with Crippen LogP contribution in [0, 0.1) is 0 Å². The molecular weight excluding hydrogens is 176 g/mol. The van der Waals surface area contributed by atoms with Crippen molar-refractivity contribution in [3.05, 3.63) is 0 Å². The number of rotatable bonds is 4. The highest BCUT2D eigenvalue weighted by Crippen LogP contribution is 2.01. The fraction of sp³-hybridized carbons (Fsp3) is 1.00. The Balaban J connectivity index is 2.17. The second kappa shape index (κ2) is 5.66. The second-order valence-electron chi connectivity index (χ2n) is 4.68. The molecule has 0 atom stereocenters. The predicted octanol–water partition coefficient (Wildman–Crippen LogP) is -0.358. The number of hydrogen-bond acceptors (Lipinski definition) is 4. The summed E-state index contributed by atoms with van der Waals surface area (Å²) in [6.07, 6.45) is 0. The monoisotopic (exact) mass is 200 g/mol. The summed E-state index contributed by atoms with van der Waals surface area (Å²) in [6.45, 7) is 6.99. The normalized spacial score (nSPS) is 21.0. The van der Waals surface area contributed by atoms with E-state index in [4.69, 9.17) is 0 Å². The fourth-order valence-corrected chi connectivity index (χ4v) is 1.87. The molecule has 4 heteroatoms. The maximum Gasteiger partial charge on any atom is 0.0501 e. The van der Waals surface area contributed by atoms with E-state index < -0.39 is 0 Å². The summed E-state index contributed by atoms with van der Waals surface area (Å²) in [5.74, 6) is 0. The first-order valence-corrected chi connectivity index (χ1v) is 5.32. The van der Waals surface area contributed by atoms with Crippen LogP contribution in [0.1, 0.15) is 0 Å². The molecule has 1 heterocycles. The number of hydrogen-bond donors (Lipinski definition) is 0. The average Bonchev–Trinajstić information content (AvgIpc) is 2.06. The van der Waals surface area contributed by atoms with E-state index in [0.29, 0.717) is 0 Å². The Morgan fingerprint density at radius 3 is 1.21 bits per heavy atom. The van der Waals surface area contributed by atoms with Gasteiger partial charge in [-0.1, -0.05) is 0 Å². The number of piperazine rings is 1. The Morgan fingerprint density at radius 1 is 0.714 bits per heavy atom. The highest BCUT2D eigenvalue weighted by atomic mass is 15.4. The van der Waals surface area contributed by atoms with Gasteiger partial charge in [0.1, 0.15) is 0 Å². The van der Waals surface area contributed by atoms with Gasteiger partial charge in [0.25, 0.3) is 0 Å². The van der Waals surface area contributed by atoms with Gasteiger partial charge in [0.05, 0.1) is 13.3 Å². The minimum Gasteiger partial charge on any atom is -0.297 e. The molecule has 14 heavy (non-hydrogen) atoms. The third-order valence-corrected chi connectivity index (χ3v) is 2.43. The minimum absolute atomic E-state index is 1.09. The molecule has 0 unspecified atom stereocenters. The zero-order valence-corrected chi connectivity index (χ0v) is 10.0. The first kappa shape index (κ1) is 11.9. The molecule has 1 saturated heterocycles.